The van der Waals surface area contributed by atoms with Gasteiger partial charge >= 0.3 is 0 Å². The number of thioether (sulfide) groups is 1. The largest absolute Gasteiger partial charge is 0.369 e. The van der Waals surface area contributed by atoms with Gasteiger partial charge in [-0.25, -0.2) is 0 Å². The normalized spacial score (nSPS) is 19.1. The maximum atomic E-state index is 8.81. The molecule has 1 aliphatic heterocycles. The fourth-order valence-electron chi connectivity index (χ4n) is 2.17. The Bertz CT molecular complexity index is 448. The van der Waals surface area contributed by atoms with Crippen molar-refractivity contribution >= 4 is 17.4 Å². The third kappa shape index (κ3) is 1.90. The van der Waals surface area contributed by atoms with Gasteiger partial charge in [-0.05, 0) is 31.0 Å². The van der Waals surface area contributed by atoms with E-state index in [0.29, 0.717) is 12.5 Å². The van der Waals surface area contributed by atoms with Crippen LogP contribution in [0.1, 0.15) is 17.5 Å². The molecule has 0 spiro atoms. The molecule has 1 aliphatic rings. The van der Waals surface area contributed by atoms with Crippen molar-refractivity contribution in [1.82, 2.24) is 0 Å². The van der Waals surface area contributed by atoms with Gasteiger partial charge in [0.25, 0.3) is 0 Å². The van der Waals surface area contributed by atoms with Crippen LogP contribution in [0.4, 0.5) is 5.69 Å². The second-order valence-corrected chi connectivity index (χ2v) is 5.40. The van der Waals surface area contributed by atoms with Gasteiger partial charge < -0.3 is 4.90 Å². The number of anilines is 1. The highest BCUT2D eigenvalue weighted by Gasteiger charge is 2.24. The number of hydrogen-bond acceptors (Lipinski definition) is 3. The first kappa shape index (κ1) is 11.3. The van der Waals surface area contributed by atoms with Gasteiger partial charge in [-0.15, -0.1) is 11.8 Å². The molecular weight excluding hydrogens is 216 g/mol. The smallest absolute Gasteiger partial charge is 0.0643 e. The molecule has 0 bridgehead atoms. The Hall–Kier alpha value is -1.14. The highest BCUT2D eigenvalue weighted by Crippen LogP contribution is 2.40. The van der Waals surface area contributed by atoms with Gasteiger partial charge in [0.1, 0.15) is 0 Å². The lowest BCUT2D eigenvalue weighted by atomic mass is 10.1. The minimum atomic E-state index is 0.351. The van der Waals surface area contributed by atoms with Gasteiger partial charge in [0, 0.05) is 17.7 Å². The lowest BCUT2D eigenvalue weighted by Crippen LogP contribution is -2.36. The Labute approximate surface area is 101 Å². The molecule has 0 saturated heterocycles. The Kier molecular flexibility index (Phi) is 3.11. The number of nitrogens with zero attached hydrogens (tertiary/aromatic N) is 2. The van der Waals surface area contributed by atoms with Crippen LogP contribution < -0.4 is 4.90 Å². The topological polar surface area (TPSA) is 27.0 Å². The van der Waals surface area contributed by atoms with Crippen LogP contribution in [-0.4, -0.2) is 18.8 Å². The van der Waals surface area contributed by atoms with Gasteiger partial charge in [-0.3, -0.25) is 0 Å². The number of aryl methyl sites for hydroxylation is 2. The number of benzene rings is 1. The molecule has 0 saturated carbocycles. The molecular formula is C13H16N2S. The van der Waals surface area contributed by atoms with Crippen molar-refractivity contribution in [2.75, 3.05) is 17.7 Å². The molecule has 1 atom stereocenters. The first-order valence-corrected chi connectivity index (χ1v) is 6.46. The number of hydrogen-bond donors (Lipinski definition) is 0. The quantitative estimate of drug-likeness (QED) is 0.744. The van der Waals surface area contributed by atoms with Crippen LogP contribution in [-0.2, 0) is 0 Å². The van der Waals surface area contributed by atoms with Crippen LogP contribution in [0.2, 0.25) is 0 Å². The van der Waals surface area contributed by atoms with Crippen molar-refractivity contribution in [3.63, 3.8) is 0 Å². The van der Waals surface area contributed by atoms with Crippen LogP contribution in [0.15, 0.2) is 17.0 Å². The molecule has 2 nitrogen and oxygen atoms in total. The lowest BCUT2D eigenvalue weighted by Gasteiger charge is -2.35. The standard InChI is InChI=1S/C13H16N2S/c1-9-6-10(2)13-12(7-9)15(3)11(4-5-14)8-16-13/h6-7,11H,4,8H2,1-3H3. The van der Waals surface area contributed by atoms with Crippen LogP contribution in [0.25, 0.3) is 0 Å². The lowest BCUT2D eigenvalue weighted by molar-refractivity contribution is 0.697. The predicted molar refractivity (Wildman–Crippen MR) is 69.1 cm³/mol. The molecule has 2 rings (SSSR count). The second-order valence-electron chi connectivity index (χ2n) is 4.37. The second kappa shape index (κ2) is 4.39. The van der Waals surface area contributed by atoms with E-state index in [0.717, 1.165) is 5.75 Å². The summed E-state index contributed by atoms with van der Waals surface area (Å²) >= 11 is 1.88. The summed E-state index contributed by atoms with van der Waals surface area (Å²) in [7, 11) is 2.10. The summed E-state index contributed by atoms with van der Waals surface area (Å²) in [6.45, 7) is 4.29. The molecule has 1 heterocycles. The molecule has 0 fully saturated rings. The van der Waals surface area contributed by atoms with E-state index in [1.807, 2.05) is 11.8 Å². The molecule has 3 heteroatoms. The average Bonchev–Trinajstić information content (AvgIpc) is 2.23. The van der Waals surface area contributed by atoms with Crippen molar-refractivity contribution in [3.05, 3.63) is 23.3 Å². The van der Waals surface area contributed by atoms with E-state index in [4.69, 9.17) is 5.26 Å². The highest BCUT2D eigenvalue weighted by atomic mass is 32.2. The molecule has 1 aromatic rings. The average molecular weight is 232 g/mol. The Balaban J connectivity index is 2.41. The number of rotatable bonds is 1. The maximum Gasteiger partial charge on any atom is 0.0643 e. The molecule has 0 amide bonds. The summed E-state index contributed by atoms with van der Waals surface area (Å²) in [6.07, 6.45) is 0.607. The summed E-state index contributed by atoms with van der Waals surface area (Å²) in [4.78, 5) is 3.64. The minimum Gasteiger partial charge on any atom is -0.369 e. The molecule has 1 unspecified atom stereocenters. The van der Waals surface area contributed by atoms with Crippen molar-refractivity contribution in [3.8, 4) is 6.07 Å². The van der Waals surface area contributed by atoms with E-state index in [-0.39, 0.29) is 0 Å². The monoisotopic (exact) mass is 232 g/mol. The molecule has 0 aliphatic carbocycles. The molecule has 1 aromatic carbocycles. The SMILES string of the molecule is Cc1cc(C)c2c(c1)N(C)C(CC#N)CS2. The van der Waals surface area contributed by atoms with Crippen LogP contribution in [0, 0.1) is 25.2 Å². The Morgan fingerprint density at radius 3 is 2.94 bits per heavy atom. The molecule has 0 aromatic heterocycles. The number of nitriles is 1. The van der Waals surface area contributed by atoms with Crippen LogP contribution in [0.3, 0.4) is 0 Å². The van der Waals surface area contributed by atoms with Crippen LogP contribution >= 0.6 is 11.8 Å². The first-order valence-electron chi connectivity index (χ1n) is 5.47. The summed E-state index contributed by atoms with van der Waals surface area (Å²) in [5, 5.41) is 8.81. The zero-order valence-corrected chi connectivity index (χ0v) is 10.8. The molecule has 84 valence electrons. The zero-order chi connectivity index (χ0) is 11.7. The van der Waals surface area contributed by atoms with Gasteiger partial charge in [-0.2, -0.15) is 5.26 Å². The highest BCUT2D eigenvalue weighted by molar-refractivity contribution is 7.99. The predicted octanol–water partition coefficient (Wildman–Crippen LogP) is 3.13. The molecule has 16 heavy (non-hydrogen) atoms. The summed E-state index contributed by atoms with van der Waals surface area (Å²) in [5.41, 5.74) is 3.93. The maximum absolute atomic E-state index is 8.81. The first-order chi connectivity index (χ1) is 7.63. The third-order valence-corrected chi connectivity index (χ3v) is 4.45. The summed E-state index contributed by atoms with van der Waals surface area (Å²) in [6, 6.07) is 7.07. The third-order valence-electron chi connectivity index (χ3n) is 3.07. The zero-order valence-electron chi connectivity index (χ0n) is 9.95. The van der Waals surface area contributed by atoms with Gasteiger partial charge in [0.15, 0.2) is 0 Å². The Morgan fingerprint density at radius 1 is 1.50 bits per heavy atom. The van der Waals surface area contributed by atoms with Crippen LogP contribution in [0.5, 0.6) is 0 Å². The van der Waals surface area contributed by atoms with Gasteiger partial charge in [0.2, 0.25) is 0 Å². The minimum absolute atomic E-state index is 0.351. The summed E-state index contributed by atoms with van der Waals surface area (Å²) in [5.74, 6) is 1.01. The summed E-state index contributed by atoms with van der Waals surface area (Å²) < 4.78 is 0. The van der Waals surface area contributed by atoms with E-state index in [1.165, 1.54) is 21.7 Å². The van der Waals surface area contributed by atoms with E-state index in [9.17, 15) is 0 Å². The van der Waals surface area contributed by atoms with Crippen molar-refractivity contribution in [2.45, 2.75) is 31.2 Å². The number of fused-ring (bicyclic) bond motifs is 1. The van der Waals surface area contributed by atoms with E-state index in [2.05, 4.69) is 44.0 Å². The van der Waals surface area contributed by atoms with Gasteiger partial charge in [0.05, 0.1) is 24.2 Å². The van der Waals surface area contributed by atoms with Crippen molar-refractivity contribution < 1.29 is 0 Å². The molecule has 0 N–H and O–H groups in total. The molecule has 0 radical (unpaired) electrons. The fourth-order valence-corrected chi connectivity index (χ4v) is 3.51. The van der Waals surface area contributed by atoms with Crippen molar-refractivity contribution in [1.29, 1.82) is 5.26 Å². The Morgan fingerprint density at radius 2 is 2.25 bits per heavy atom. The van der Waals surface area contributed by atoms with E-state index < -0.39 is 0 Å². The van der Waals surface area contributed by atoms with E-state index in [1.54, 1.807) is 0 Å². The fraction of sp³-hybridized carbons (Fsp3) is 0.462. The van der Waals surface area contributed by atoms with Gasteiger partial charge in [-0.1, -0.05) is 6.07 Å². The van der Waals surface area contributed by atoms with E-state index >= 15 is 0 Å². The van der Waals surface area contributed by atoms with Crippen molar-refractivity contribution in [2.24, 2.45) is 0 Å².